The predicted molar refractivity (Wildman–Crippen MR) is 108 cm³/mol. The number of aromatic nitrogens is 3. The van der Waals surface area contributed by atoms with Gasteiger partial charge in [-0.25, -0.2) is 14.2 Å². The molecule has 2 fully saturated rings. The van der Waals surface area contributed by atoms with Crippen molar-refractivity contribution in [2.45, 2.75) is 44.9 Å². The summed E-state index contributed by atoms with van der Waals surface area (Å²) in [6.07, 6.45) is 0.242. The Morgan fingerprint density at radius 1 is 1.30 bits per heavy atom. The maximum atomic E-state index is 15.0. The van der Waals surface area contributed by atoms with E-state index in [4.69, 9.17) is 16.3 Å². The van der Waals surface area contributed by atoms with Gasteiger partial charge in [0.15, 0.2) is 5.52 Å². The van der Waals surface area contributed by atoms with E-state index in [0.29, 0.717) is 16.8 Å². The van der Waals surface area contributed by atoms with E-state index in [9.17, 15) is 14.0 Å². The number of hydrogen-bond donors (Lipinski definition) is 2. The first kappa shape index (κ1) is 20.7. The number of rotatable bonds is 6. The Kier molecular flexibility index (Phi) is 5.27. The highest BCUT2D eigenvalue weighted by molar-refractivity contribution is 5.83. The van der Waals surface area contributed by atoms with E-state index >= 15 is 4.39 Å². The molecule has 0 radical (unpaired) electrons. The number of pyridine rings is 1. The quantitative estimate of drug-likeness (QED) is 0.502. The lowest BCUT2D eigenvalue weighted by molar-refractivity contribution is 0.105. The van der Waals surface area contributed by atoms with Gasteiger partial charge in [-0.1, -0.05) is 0 Å². The minimum atomic E-state index is -1.27. The zero-order chi connectivity index (χ0) is 21.7. The minimum Gasteiger partial charge on any atom is -0.380 e. The van der Waals surface area contributed by atoms with Gasteiger partial charge in [-0.2, -0.15) is 9.07 Å². The van der Waals surface area contributed by atoms with Gasteiger partial charge in [-0.3, -0.25) is 9.36 Å². The Morgan fingerprint density at radius 2 is 2.00 bits per heavy atom. The average molecular weight is 424 g/mol. The van der Waals surface area contributed by atoms with Crippen LogP contribution in [0, 0.1) is 18.8 Å². The standard InChI is InChI=1S/C19H26F2N6O3/c1-3-30-8-13(22)11-6-25(7-12(11)20)16-9(2)15-14(24-17(16)21)18(28)27(23)19(29)26(15)10-4-5-10/h10-13H,3-8,22-23H2,1-2H3. The molecular weight excluding hydrogens is 398 g/mol. The van der Waals surface area contributed by atoms with Gasteiger partial charge in [0.05, 0.1) is 17.8 Å². The molecule has 1 aliphatic carbocycles. The molecule has 1 aliphatic heterocycles. The number of fused-ring (bicyclic) bond motifs is 1. The Labute approximate surface area is 171 Å². The number of hydrogen-bond acceptors (Lipinski definition) is 7. The molecule has 2 aromatic heterocycles. The van der Waals surface area contributed by atoms with Crippen molar-refractivity contribution in [2.75, 3.05) is 37.0 Å². The van der Waals surface area contributed by atoms with Crippen LogP contribution in [-0.4, -0.2) is 52.7 Å². The molecule has 1 saturated heterocycles. The third-order valence-corrected chi connectivity index (χ3v) is 6.00. The molecule has 4 rings (SSSR count). The predicted octanol–water partition coefficient (Wildman–Crippen LogP) is 0.193. The summed E-state index contributed by atoms with van der Waals surface area (Å²) in [5.41, 5.74) is 5.06. The number of alkyl halides is 1. The van der Waals surface area contributed by atoms with Gasteiger partial charge in [0.25, 0.3) is 0 Å². The molecule has 2 aliphatic rings. The van der Waals surface area contributed by atoms with Crippen LogP contribution in [0.15, 0.2) is 9.59 Å². The summed E-state index contributed by atoms with van der Waals surface area (Å²) in [6.45, 7) is 4.25. The Hall–Kier alpha value is -2.53. The van der Waals surface area contributed by atoms with Crippen molar-refractivity contribution < 1.29 is 13.5 Å². The molecule has 30 heavy (non-hydrogen) atoms. The fourth-order valence-corrected chi connectivity index (χ4v) is 4.30. The highest BCUT2D eigenvalue weighted by atomic mass is 19.1. The molecular formula is C19H26F2N6O3. The molecule has 4 N–H and O–H groups in total. The number of nitrogens with zero attached hydrogens (tertiary/aromatic N) is 4. The Bertz CT molecular complexity index is 1100. The first-order valence-corrected chi connectivity index (χ1v) is 10.1. The maximum Gasteiger partial charge on any atom is 0.350 e. The highest BCUT2D eigenvalue weighted by Crippen LogP contribution is 2.38. The van der Waals surface area contributed by atoms with Crippen molar-refractivity contribution in [1.82, 2.24) is 14.2 Å². The zero-order valence-electron chi connectivity index (χ0n) is 17.0. The van der Waals surface area contributed by atoms with Gasteiger partial charge in [0.2, 0.25) is 5.95 Å². The second-order valence-corrected chi connectivity index (χ2v) is 8.04. The highest BCUT2D eigenvalue weighted by Gasteiger charge is 2.39. The lowest BCUT2D eigenvalue weighted by Crippen LogP contribution is -2.45. The van der Waals surface area contributed by atoms with Gasteiger partial charge in [0, 0.05) is 43.3 Å². The number of aryl methyl sites for hydroxylation is 1. The topological polar surface area (TPSA) is 121 Å². The van der Waals surface area contributed by atoms with E-state index in [-0.39, 0.29) is 42.5 Å². The monoisotopic (exact) mass is 424 g/mol. The molecule has 0 spiro atoms. The summed E-state index contributed by atoms with van der Waals surface area (Å²) < 4.78 is 36.9. The second kappa shape index (κ2) is 7.62. The van der Waals surface area contributed by atoms with Gasteiger partial charge in [0.1, 0.15) is 6.17 Å². The van der Waals surface area contributed by atoms with Gasteiger partial charge < -0.3 is 21.2 Å². The van der Waals surface area contributed by atoms with Crippen molar-refractivity contribution >= 4 is 16.7 Å². The smallest absolute Gasteiger partial charge is 0.350 e. The summed E-state index contributed by atoms with van der Waals surface area (Å²) in [5, 5.41) is 0. The lowest BCUT2D eigenvalue weighted by Gasteiger charge is -2.24. The van der Waals surface area contributed by atoms with Crippen LogP contribution in [0.25, 0.3) is 11.0 Å². The number of halogens is 2. The number of nitrogens with two attached hydrogens (primary N) is 2. The maximum absolute atomic E-state index is 15.0. The third-order valence-electron chi connectivity index (χ3n) is 6.00. The molecule has 1 saturated carbocycles. The molecule has 0 amide bonds. The third kappa shape index (κ3) is 3.25. The van der Waals surface area contributed by atoms with E-state index in [0.717, 1.165) is 12.8 Å². The summed E-state index contributed by atoms with van der Waals surface area (Å²) in [7, 11) is 0. The fourth-order valence-electron chi connectivity index (χ4n) is 4.30. The molecule has 9 nitrogen and oxygen atoms in total. The Morgan fingerprint density at radius 3 is 2.63 bits per heavy atom. The van der Waals surface area contributed by atoms with Crippen LogP contribution in [0.4, 0.5) is 14.5 Å². The van der Waals surface area contributed by atoms with Crippen LogP contribution in [0.2, 0.25) is 0 Å². The van der Waals surface area contributed by atoms with Crippen molar-refractivity contribution in [3.05, 3.63) is 32.3 Å². The molecule has 164 valence electrons. The van der Waals surface area contributed by atoms with Gasteiger partial charge in [-0.05, 0) is 26.7 Å². The first-order chi connectivity index (χ1) is 14.3. The second-order valence-electron chi connectivity index (χ2n) is 8.04. The van der Waals surface area contributed by atoms with Crippen LogP contribution in [-0.2, 0) is 4.74 Å². The fraction of sp³-hybridized carbons (Fsp3) is 0.632. The van der Waals surface area contributed by atoms with E-state index in [1.54, 1.807) is 11.8 Å². The summed E-state index contributed by atoms with van der Waals surface area (Å²) in [6, 6.07) is -0.648. The SMILES string of the molecule is CCOCC(N)C1CN(c2c(F)nc3c(=O)n(N)c(=O)n(C4CC4)c3c2C)CC1F. The van der Waals surface area contributed by atoms with Crippen molar-refractivity contribution in [3.8, 4) is 0 Å². The summed E-state index contributed by atoms with van der Waals surface area (Å²) in [4.78, 5) is 30.5. The zero-order valence-corrected chi connectivity index (χ0v) is 17.0. The van der Waals surface area contributed by atoms with Gasteiger partial charge >= 0.3 is 11.2 Å². The van der Waals surface area contributed by atoms with Gasteiger partial charge in [-0.15, -0.1) is 0 Å². The van der Waals surface area contributed by atoms with E-state index in [2.05, 4.69) is 4.98 Å². The molecule has 0 aromatic carbocycles. The van der Waals surface area contributed by atoms with E-state index in [1.807, 2.05) is 6.92 Å². The van der Waals surface area contributed by atoms with E-state index < -0.39 is 35.3 Å². The molecule has 3 unspecified atom stereocenters. The summed E-state index contributed by atoms with van der Waals surface area (Å²) >= 11 is 0. The normalized spacial score (nSPS) is 22.8. The average Bonchev–Trinajstić information content (AvgIpc) is 3.47. The van der Waals surface area contributed by atoms with Crippen molar-refractivity contribution in [1.29, 1.82) is 0 Å². The molecule has 11 heteroatoms. The lowest BCUT2D eigenvalue weighted by atomic mass is 9.99. The first-order valence-electron chi connectivity index (χ1n) is 10.1. The van der Waals surface area contributed by atoms with Crippen LogP contribution in [0.1, 0.15) is 31.4 Å². The molecule has 0 bridgehead atoms. The van der Waals surface area contributed by atoms with Crippen molar-refractivity contribution in [3.63, 3.8) is 0 Å². The van der Waals surface area contributed by atoms with Crippen LogP contribution in [0.3, 0.4) is 0 Å². The molecule has 3 atom stereocenters. The molecule has 2 aromatic rings. The van der Waals surface area contributed by atoms with Crippen LogP contribution in [0.5, 0.6) is 0 Å². The number of ether oxygens (including phenoxy) is 1. The Balaban J connectivity index is 1.81. The van der Waals surface area contributed by atoms with Crippen LogP contribution < -0.4 is 27.7 Å². The molecule has 3 heterocycles. The summed E-state index contributed by atoms with van der Waals surface area (Å²) in [5.74, 6) is 4.17. The number of nitrogen functional groups attached to an aromatic ring is 1. The van der Waals surface area contributed by atoms with Crippen LogP contribution >= 0.6 is 0 Å². The minimum absolute atomic E-state index is 0.0585. The van der Waals surface area contributed by atoms with E-state index in [1.165, 1.54) is 4.57 Å². The number of anilines is 1. The van der Waals surface area contributed by atoms with Crippen molar-refractivity contribution in [2.24, 2.45) is 11.7 Å². The largest absolute Gasteiger partial charge is 0.380 e.